The van der Waals surface area contributed by atoms with E-state index in [4.69, 9.17) is 4.74 Å². The summed E-state index contributed by atoms with van der Waals surface area (Å²) in [6.07, 6.45) is 7.92. The zero-order valence-electron chi connectivity index (χ0n) is 11.4. The van der Waals surface area contributed by atoms with Crippen LogP contribution in [0.5, 0.6) is 0 Å². The minimum absolute atomic E-state index is 0.555. The van der Waals surface area contributed by atoms with Gasteiger partial charge in [-0.15, -0.1) is 11.3 Å². The highest BCUT2D eigenvalue weighted by molar-refractivity contribution is 7.10. The van der Waals surface area contributed by atoms with Crippen molar-refractivity contribution in [2.24, 2.45) is 5.92 Å². The van der Waals surface area contributed by atoms with E-state index in [0.717, 1.165) is 19.1 Å². The SMILES string of the molecule is CNC(CCCCC1CCOCC1)c1cccs1. The van der Waals surface area contributed by atoms with Crippen molar-refractivity contribution in [1.82, 2.24) is 5.32 Å². The second-order valence-corrected chi connectivity index (χ2v) is 6.18. The van der Waals surface area contributed by atoms with Crippen LogP contribution in [-0.4, -0.2) is 20.3 Å². The average Bonchev–Trinajstić information content (AvgIpc) is 2.94. The zero-order valence-corrected chi connectivity index (χ0v) is 12.2. The summed E-state index contributed by atoms with van der Waals surface area (Å²) in [6.45, 7) is 1.97. The van der Waals surface area contributed by atoms with E-state index >= 15 is 0 Å². The molecular weight excluding hydrogens is 242 g/mol. The lowest BCUT2D eigenvalue weighted by Gasteiger charge is -2.22. The topological polar surface area (TPSA) is 21.3 Å². The third kappa shape index (κ3) is 4.38. The van der Waals surface area contributed by atoms with Crippen molar-refractivity contribution >= 4 is 11.3 Å². The Labute approximate surface area is 115 Å². The molecule has 18 heavy (non-hydrogen) atoms. The molecule has 1 atom stereocenters. The summed E-state index contributed by atoms with van der Waals surface area (Å²) in [5, 5.41) is 5.60. The molecule has 0 amide bonds. The molecule has 0 radical (unpaired) electrons. The standard InChI is InChI=1S/C15H25NOS/c1-16-14(15-7-4-12-18-15)6-3-2-5-13-8-10-17-11-9-13/h4,7,12-14,16H,2-3,5-6,8-11H2,1H3. The molecule has 2 heterocycles. The quantitative estimate of drug-likeness (QED) is 0.754. The van der Waals surface area contributed by atoms with Gasteiger partial charge in [0.2, 0.25) is 0 Å². The van der Waals surface area contributed by atoms with Gasteiger partial charge >= 0.3 is 0 Å². The van der Waals surface area contributed by atoms with Crippen LogP contribution in [0, 0.1) is 5.92 Å². The first-order chi connectivity index (χ1) is 8.90. The van der Waals surface area contributed by atoms with Gasteiger partial charge in [0.15, 0.2) is 0 Å². The van der Waals surface area contributed by atoms with Crippen molar-refractivity contribution < 1.29 is 4.74 Å². The molecule has 0 saturated carbocycles. The Hall–Kier alpha value is -0.380. The van der Waals surface area contributed by atoms with Crippen LogP contribution in [-0.2, 0) is 4.74 Å². The average molecular weight is 267 g/mol. The highest BCUT2D eigenvalue weighted by Gasteiger charge is 2.14. The first-order valence-corrected chi connectivity index (χ1v) is 8.06. The van der Waals surface area contributed by atoms with Crippen LogP contribution in [0.4, 0.5) is 0 Å². The maximum absolute atomic E-state index is 5.40. The van der Waals surface area contributed by atoms with Gasteiger partial charge in [0.1, 0.15) is 0 Å². The van der Waals surface area contributed by atoms with E-state index in [1.807, 2.05) is 11.3 Å². The Balaban J connectivity index is 1.61. The van der Waals surface area contributed by atoms with E-state index in [1.165, 1.54) is 43.4 Å². The summed E-state index contributed by atoms with van der Waals surface area (Å²) >= 11 is 1.86. The second kappa shape index (κ2) is 7.93. The van der Waals surface area contributed by atoms with Gasteiger partial charge in [-0.3, -0.25) is 0 Å². The number of ether oxygens (including phenoxy) is 1. The molecule has 0 aromatic carbocycles. The van der Waals surface area contributed by atoms with E-state index in [2.05, 4.69) is 29.9 Å². The Bertz CT molecular complexity index is 306. The first kappa shape index (κ1) is 14.0. The Morgan fingerprint density at radius 2 is 2.22 bits per heavy atom. The predicted molar refractivity (Wildman–Crippen MR) is 78.1 cm³/mol. The zero-order chi connectivity index (χ0) is 12.6. The molecule has 0 bridgehead atoms. The van der Waals surface area contributed by atoms with Gasteiger partial charge in [0.25, 0.3) is 0 Å². The van der Waals surface area contributed by atoms with E-state index < -0.39 is 0 Å². The molecule has 1 aromatic heterocycles. The van der Waals surface area contributed by atoms with E-state index in [0.29, 0.717) is 6.04 Å². The first-order valence-electron chi connectivity index (χ1n) is 7.18. The van der Waals surface area contributed by atoms with Crippen molar-refractivity contribution in [1.29, 1.82) is 0 Å². The lowest BCUT2D eigenvalue weighted by molar-refractivity contribution is 0.0630. The van der Waals surface area contributed by atoms with Crippen LogP contribution in [0.15, 0.2) is 17.5 Å². The van der Waals surface area contributed by atoms with Gasteiger partial charge in [-0.25, -0.2) is 0 Å². The molecule has 3 heteroatoms. The summed E-state index contributed by atoms with van der Waals surface area (Å²) in [4.78, 5) is 1.48. The van der Waals surface area contributed by atoms with Crippen molar-refractivity contribution in [2.75, 3.05) is 20.3 Å². The molecule has 0 aliphatic carbocycles. The number of hydrogen-bond acceptors (Lipinski definition) is 3. The molecule has 1 aliphatic heterocycles. The number of unbranched alkanes of at least 4 members (excludes halogenated alkanes) is 1. The van der Waals surface area contributed by atoms with Gasteiger partial charge < -0.3 is 10.1 Å². The monoisotopic (exact) mass is 267 g/mol. The smallest absolute Gasteiger partial charge is 0.0468 e. The maximum atomic E-state index is 5.40. The Morgan fingerprint density at radius 1 is 1.39 bits per heavy atom. The Kier molecular flexibility index (Phi) is 6.18. The predicted octanol–water partition coefficient (Wildman–Crippen LogP) is 4.00. The molecule has 1 aromatic rings. The second-order valence-electron chi connectivity index (χ2n) is 5.20. The third-order valence-electron chi connectivity index (χ3n) is 3.93. The number of nitrogens with one attached hydrogen (secondary N) is 1. The molecule has 1 unspecified atom stereocenters. The van der Waals surface area contributed by atoms with Crippen LogP contribution < -0.4 is 5.32 Å². The fourth-order valence-electron chi connectivity index (χ4n) is 2.73. The summed E-state index contributed by atoms with van der Waals surface area (Å²) in [5.41, 5.74) is 0. The van der Waals surface area contributed by atoms with Crippen molar-refractivity contribution in [3.8, 4) is 0 Å². The van der Waals surface area contributed by atoms with Crippen LogP contribution >= 0.6 is 11.3 Å². The fourth-order valence-corrected chi connectivity index (χ4v) is 3.61. The van der Waals surface area contributed by atoms with Crippen LogP contribution in [0.3, 0.4) is 0 Å². The molecule has 102 valence electrons. The van der Waals surface area contributed by atoms with Crippen LogP contribution in [0.1, 0.15) is 49.4 Å². The normalized spacial score (nSPS) is 18.9. The van der Waals surface area contributed by atoms with Crippen LogP contribution in [0.25, 0.3) is 0 Å². The largest absolute Gasteiger partial charge is 0.381 e. The summed E-state index contributed by atoms with van der Waals surface area (Å²) in [7, 11) is 2.07. The lowest BCUT2D eigenvalue weighted by Crippen LogP contribution is -2.16. The van der Waals surface area contributed by atoms with Crippen molar-refractivity contribution in [3.05, 3.63) is 22.4 Å². The minimum atomic E-state index is 0.555. The Morgan fingerprint density at radius 3 is 2.89 bits per heavy atom. The number of thiophene rings is 1. The minimum Gasteiger partial charge on any atom is -0.381 e. The summed E-state index contributed by atoms with van der Waals surface area (Å²) < 4.78 is 5.40. The molecule has 1 fully saturated rings. The molecule has 1 aliphatic rings. The molecule has 0 spiro atoms. The molecular formula is C15H25NOS. The molecule has 1 N–H and O–H groups in total. The van der Waals surface area contributed by atoms with Gasteiger partial charge in [-0.2, -0.15) is 0 Å². The fraction of sp³-hybridized carbons (Fsp3) is 0.733. The third-order valence-corrected chi connectivity index (χ3v) is 4.92. The van der Waals surface area contributed by atoms with Crippen LogP contribution in [0.2, 0.25) is 0 Å². The van der Waals surface area contributed by atoms with Gasteiger partial charge in [0.05, 0.1) is 0 Å². The molecule has 1 saturated heterocycles. The van der Waals surface area contributed by atoms with E-state index in [9.17, 15) is 0 Å². The number of hydrogen-bond donors (Lipinski definition) is 1. The van der Waals surface area contributed by atoms with Gasteiger partial charge in [-0.05, 0) is 43.7 Å². The molecule has 2 rings (SSSR count). The highest BCUT2D eigenvalue weighted by Crippen LogP contribution is 2.26. The molecule has 2 nitrogen and oxygen atoms in total. The van der Waals surface area contributed by atoms with E-state index in [-0.39, 0.29) is 0 Å². The summed E-state index contributed by atoms with van der Waals surface area (Å²) in [5.74, 6) is 0.925. The highest BCUT2D eigenvalue weighted by atomic mass is 32.1. The van der Waals surface area contributed by atoms with Crippen molar-refractivity contribution in [3.63, 3.8) is 0 Å². The lowest BCUT2D eigenvalue weighted by atomic mass is 9.93. The van der Waals surface area contributed by atoms with Gasteiger partial charge in [0, 0.05) is 24.1 Å². The number of rotatable bonds is 7. The summed E-state index contributed by atoms with van der Waals surface area (Å²) in [6, 6.07) is 4.94. The maximum Gasteiger partial charge on any atom is 0.0468 e. The van der Waals surface area contributed by atoms with E-state index in [1.54, 1.807) is 0 Å². The van der Waals surface area contributed by atoms with Gasteiger partial charge in [-0.1, -0.05) is 25.3 Å². The van der Waals surface area contributed by atoms with Crippen molar-refractivity contribution in [2.45, 2.75) is 44.6 Å².